The van der Waals surface area contributed by atoms with E-state index in [2.05, 4.69) is 5.16 Å². The first-order valence-electron chi connectivity index (χ1n) is 3.24. The molecule has 0 amide bonds. The van der Waals surface area contributed by atoms with Crippen molar-refractivity contribution in [2.45, 2.75) is 13.3 Å². The molecule has 0 aromatic rings. The zero-order valence-electron chi connectivity index (χ0n) is 5.96. The zero-order valence-corrected chi connectivity index (χ0v) is 5.96. The molecule has 0 aromatic carbocycles. The number of nitrogens with zero attached hydrogens (tertiary/aromatic N) is 2. The quantitative estimate of drug-likeness (QED) is 0.223. The minimum Gasteiger partial charge on any atom is -0.411 e. The molecule has 0 aromatic heterocycles. The van der Waals surface area contributed by atoms with Crippen LogP contribution in [0.1, 0.15) is 13.3 Å². The highest BCUT2D eigenvalue weighted by atomic mass is 16.4. The smallest absolute Gasteiger partial charge is 0.0929 e. The van der Waals surface area contributed by atoms with Gasteiger partial charge in [0.1, 0.15) is 0 Å². The molecule has 0 bridgehead atoms. The van der Waals surface area contributed by atoms with Gasteiger partial charge in [0.25, 0.3) is 0 Å². The molecule has 1 saturated heterocycles. The standard InChI is InChI=1S/C6H11N3O/c1-5(7)9-3-2-6(4-9)8-10/h7,10H,2-4H2,1H3. The van der Waals surface area contributed by atoms with Gasteiger partial charge in [0.2, 0.25) is 0 Å². The minimum absolute atomic E-state index is 0.540. The summed E-state index contributed by atoms with van der Waals surface area (Å²) >= 11 is 0. The molecule has 4 heteroatoms. The monoisotopic (exact) mass is 141 g/mol. The van der Waals surface area contributed by atoms with Gasteiger partial charge in [-0.2, -0.15) is 0 Å². The molecule has 1 aliphatic rings. The molecule has 1 heterocycles. The maximum absolute atomic E-state index is 8.36. The van der Waals surface area contributed by atoms with Crippen molar-refractivity contribution in [3.05, 3.63) is 0 Å². The number of hydrogen-bond donors (Lipinski definition) is 2. The van der Waals surface area contributed by atoms with Crippen molar-refractivity contribution in [1.29, 1.82) is 5.41 Å². The number of likely N-dealkylation sites (tertiary alicyclic amines) is 1. The van der Waals surface area contributed by atoms with Crippen LogP contribution in [0.15, 0.2) is 5.16 Å². The third-order valence-electron chi connectivity index (χ3n) is 1.66. The second kappa shape index (κ2) is 2.68. The van der Waals surface area contributed by atoms with Gasteiger partial charge >= 0.3 is 0 Å². The Morgan fingerprint density at radius 1 is 1.80 bits per heavy atom. The lowest BCUT2D eigenvalue weighted by atomic mass is 10.3. The van der Waals surface area contributed by atoms with E-state index in [4.69, 9.17) is 10.6 Å². The number of rotatable bonds is 0. The molecular formula is C6H11N3O. The van der Waals surface area contributed by atoms with Gasteiger partial charge in [-0.3, -0.25) is 5.41 Å². The fourth-order valence-corrected chi connectivity index (χ4v) is 1.01. The van der Waals surface area contributed by atoms with Crippen LogP contribution in [0.5, 0.6) is 0 Å². The topological polar surface area (TPSA) is 59.7 Å². The Balaban J connectivity index is 2.51. The second-order valence-corrected chi connectivity index (χ2v) is 2.42. The molecule has 0 aliphatic carbocycles. The van der Waals surface area contributed by atoms with E-state index in [0.29, 0.717) is 12.4 Å². The molecule has 56 valence electrons. The first-order chi connectivity index (χ1) is 4.74. The number of hydrogen-bond acceptors (Lipinski definition) is 3. The Morgan fingerprint density at radius 3 is 2.80 bits per heavy atom. The maximum atomic E-state index is 8.36. The highest BCUT2D eigenvalue weighted by Gasteiger charge is 2.17. The van der Waals surface area contributed by atoms with Crippen LogP contribution < -0.4 is 0 Å². The Morgan fingerprint density at radius 2 is 2.50 bits per heavy atom. The van der Waals surface area contributed by atoms with Gasteiger partial charge in [0.15, 0.2) is 0 Å². The number of amidine groups is 1. The maximum Gasteiger partial charge on any atom is 0.0929 e. The molecule has 1 aliphatic heterocycles. The molecule has 4 nitrogen and oxygen atoms in total. The van der Waals surface area contributed by atoms with E-state index in [-0.39, 0.29) is 0 Å². The fraction of sp³-hybridized carbons (Fsp3) is 0.667. The van der Waals surface area contributed by atoms with Crippen LogP contribution >= 0.6 is 0 Å². The van der Waals surface area contributed by atoms with Crippen molar-refractivity contribution in [2.75, 3.05) is 13.1 Å². The van der Waals surface area contributed by atoms with Gasteiger partial charge in [-0.1, -0.05) is 5.16 Å². The van der Waals surface area contributed by atoms with Crippen LogP contribution in [0.2, 0.25) is 0 Å². The average molecular weight is 141 g/mol. The van der Waals surface area contributed by atoms with E-state index in [0.717, 1.165) is 18.7 Å². The molecule has 10 heavy (non-hydrogen) atoms. The number of nitrogens with one attached hydrogen (secondary N) is 1. The van der Waals surface area contributed by atoms with Crippen LogP contribution in [0.25, 0.3) is 0 Å². The van der Waals surface area contributed by atoms with Gasteiger partial charge in [-0.05, 0) is 6.92 Å². The third kappa shape index (κ3) is 1.26. The summed E-state index contributed by atoms with van der Waals surface area (Å²) in [4.78, 5) is 1.87. The Labute approximate surface area is 59.6 Å². The molecule has 2 N–H and O–H groups in total. The Bertz CT molecular complexity index is 176. The van der Waals surface area contributed by atoms with Crippen molar-refractivity contribution >= 4 is 11.5 Å². The molecule has 0 unspecified atom stereocenters. The number of oxime groups is 1. The summed E-state index contributed by atoms with van der Waals surface area (Å²) in [7, 11) is 0. The average Bonchev–Trinajstić information content (AvgIpc) is 2.34. The molecule has 1 fully saturated rings. The summed E-state index contributed by atoms with van der Waals surface area (Å²) in [6.07, 6.45) is 0.784. The predicted molar refractivity (Wildman–Crippen MR) is 38.8 cm³/mol. The molecule has 0 spiro atoms. The van der Waals surface area contributed by atoms with Gasteiger partial charge in [-0.25, -0.2) is 0 Å². The molecule has 0 atom stereocenters. The van der Waals surface area contributed by atoms with Crippen molar-refractivity contribution in [2.24, 2.45) is 5.16 Å². The molecule has 0 radical (unpaired) electrons. The van der Waals surface area contributed by atoms with E-state index in [1.165, 1.54) is 0 Å². The molecular weight excluding hydrogens is 130 g/mol. The summed E-state index contributed by atoms with van der Waals surface area (Å²) in [5, 5.41) is 18.7. The minimum atomic E-state index is 0.540. The van der Waals surface area contributed by atoms with E-state index < -0.39 is 0 Å². The van der Waals surface area contributed by atoms with Crippen LogP contribution in [-0.4, -0.2) is 34.7 Å². The zero-order chi connectivity index (χ0) is 7.56. The summed E-state index contributed by atoms with van der Waals surface area (Å²) in [5.74, 6) is 0.540. The lowest BCUT2D eigenvalue weighted by Crippen LogP contribution is -2.25. The van der Waals surface area contributed by atoms with E-state index in [9.17, 15) is 0 Å². The van der Waals surface area contributed by atoms with Crippen LogP contribution in [0.4, 0.5) is 0 Å². The first-order valence-corrected chi connectivity index (χ1v) is 3.24. The van der Waals surface area contributed by atoms with Crippen molar-refractivity contribution < 1.29 is 5.21 Å². The predicted octanol–water partition coefficient (Wildman–Crippen LogP) is 0.519. The van der Waals surface area contributed by atoms with Crippen molar-refractivity contribution in [1.82, 2.24) is 4.90 Å². The summed E-state index contributed by atoms with van der Waals surface area (Å²) in [6.45, 7) is 3.17. The normalized spacial score (nSPS) is 22.1. The summed E-state index contributed by atoms with van der Waals surface area (Å²) in [5.41, 5.74) is 0.770. The van der Waals surface area contributed by atoms with Crippen LogP contribution in [0, 0.1) is 5.41 Å². The fourth-order valence-electron chi connectivity index (χ4n) is 1.01. The third-order valence-corrected chi connectivity index (χ3v) is 1.66. The lowest BCUT2D eigenvalue weighted by Gasteiger charge is -2.12. The first kappa shape index (κ1) is 7.05. The molecule has 1 rings (SSSR count). The largest absolute Gasteiger partial charge is 0.411 e. The van der Waals surface area contributed by atoms with Gasteiger partial charge in [-0.15, -0.1) is 0 Å². The Hall–Kier alpha value is -1.06. The van der Waals surface area contributed by atoms with Gasteiger partial charge in [0.05, 0.1) is 18.1 Å². The van der Waals surface area contributed by atoms with Crippen LogP contribution in [0.3, 0.4) is 0 Å². The van der Waals surface area contributed by atoms with Crippen molar-refractivity contribution in [3.63, 3.8) is 0 Å². The summed E-state index contributed by atoms with van der Waals surface area (Å²) in [6, 6.07) is 0. The van der Waals surface area contributed by atoms with Crippen molar-refractivity contribution in [3.8, 4) is 0 Å². The van der Waals surface area contributed by atoms with E-state index in [1.807, 2.05) is 4.90 Å². The highest BCUT2D eigenvalue weighted by molar-refractivity contribution is 5.92. The van der Waals surface area contributed by atoms with Gasteiger partial charge in [0, 0.05) is 13.0 Å². The Kier molecular flexibility index (Phi) is 1.89. The van der Waals surface area contributed by atoms with E-state index >= 15 is 0 Å². The second-order valence-electron chi connectivity index (χ2n) is 2.42. The lowest BCUT2D eigenvalue weighted by molar-refractivity contribution is 0.317. The van der Waals surface area contributed by atoms with E-state index in [1.54, 1.807) is 6.92 Å². The SMILES string of the molecule is CC(=N)N1CCC(=NO)C1. The van der Waals surface area contributed by atoms with Gasteiger partial charge < -0.3 is 10.1 Å². The highest BCUT2D eigenvalue weighted by Crippen LogP contribution is 2.05. The summed E-state index contributed by atoms with van der Waals surface area (Å²) < 4.78 is 0. The van der Waals surface area contributed by atoms with Crippen LogP contribution in [-0.2, 0) is 0 Å². The molecule has 0 saturated carbocycles.